The lowest BCUT2D eigenvalue weighted by Gasteiger charge is -1.92. The zero-order valence-corrected chi connectivity index (χ0v) is 7.14. The van der Waals surface area contributed by atoms with Crippen LogP contribution in [0.3, 0.4) is 0 Å². The highest BCUT2D eigenvalue weighted by molar-refractivity contribution is 6.50. The summed E-state index contributed by atoms with van der Waals surface area (Å²) < 4.78 is 0. The molecular formula is C6H8ClNSi. The largest absolute Gasteiger partial charge is 0.352 e. The van der Waals surface area contributed by atoms with E-state index in [2.05, 4.69) is 0 Å². The predicted octanol–water partition coefficient (Wildman–Crippen LogP) is 0.00780. The quantitative estimate of drug-likeness (QED) is 0.572. The van der Waals surface area contributed by atoms with Gasteiger partial charge in [0.1, 0.15) is 9.68 Å². The van der Waals surface area contributed by atoms with Crippen LogP contribution in [-0.4, -0.2) is 9.68 Å². The molecule has 0 heterocycles. The smallest absolute Gasteiger partial charge is 0.122 e. The van der Waals surface area contributed by atoms with Crippen molar-refractivity contribution < 1.29 is 0 Å². The fourth-order valence-electron chi connectivity index (χ4n) is 0.620. The lowest BCUT2D eigenvalue weighted by atomic mass is 10.4. The predicted molar refractivity (Wildman–Crippen MR) is 43.8 cm³/mol. The second-order valence-corrected chi connectivity index (χ2v) is 3.49. The van der Waals surface area contributed by atoms with Crippen LogP contribution in [0.15, 0.2) is 24.3 Å². The van der Waals surface area contributed by atoms with E-state index in [4.69, 9.17) is 17.0 Å². The van der Waals surface area contributed by atoms with Gasteiger partial charge in [-0.15, -0.1) is 0 Å². The third-order valence-electron chi connectivity index (χ3n) is 1.15. The van der Waals surface area contributed by atoms with Crippen LogP contribution in [0.1, 0.15) is 0 Å². The van der Waals surface area contributed by atoms with Crippen LogP contribution in [0.5, 0.6) is 0 Å². The van der Waals surface area contributed by atoms with Crippen LogP contribution in [0.25, 0.3) is 0 Å². The Morgan fingerprint density at radius 3 is 2.22 bits per heavy atom. The fraction of sp³-hybridized carbons (Fsp3) is 0. The third-order valence-corrected chi connectivity index (χ3v) is 2.34. The first-order valence-electron chi connectivity index (χ1n) is 2.77. The summed E-state index contributed by atoms with van der Waals surface area (Å²) in [5, 5.41) is 7.52. The third kappa shape index (κ3) is 1.82. The topological polar surface area (TPSA) is 26.0 Å². The Bertz CT molecular complexity index is 185. The molecule has 1 rings (SSSR count). The Morgan fingerprint density at radius 2 is 1.78 bits per heavy atom. The fourth-order valence-corrected chi connectivity index (χ4v) is 1.25. The highest BCUT2D eigenvalue weighted by Gasteiger charge is 1.87. The maximum atomic E-state index is 5.64. The molecule has 0 aliphatic heterocycles. The Morgan fingerprint density at radius 1 is 1.22 bits per heavy atom. The van der Waals surface area contributed by atoms with E-state index in [1.165, 1.54) is 5.19 Å². The molecule has 0 amide bonds. The lowest BCUT2D eigenvalue weighted by molar-refractivity contribution is 1.74. The van der Waals surface area contributed by atoms with Crippen LogP contribution in [-0.2, 0) is 0 Å². The molecule has 0 spiro atoms. The molecule has 0 saturated heterocycles. The summed E-state index contributed by atoms with van der Waals surface area (Å²) in [6.07, 6.45) is 0. The zero-order chi connectivity index (χ0) is 6.69. The van der Waals surface area contributed by atoms with Gasteiger partial charge in [0.25, 0.3) is 0 Å². The highest BCUT2D eigenvalue weighted by Crippen LogP contribution is 2.02. The van der Waals surface area contributed by atoms with E-state index < -0.39 is 9.68 Å². The van der Waals surface area contributed by atoms with Crippen LogP contribution in [0, 0.1) is 0 Å². The highest BCUT2D eigenvalue weighted by atomic mass is 35.5. The van der Waals surface area contributed by atoms with Gasteiger partial charge in [0, 0.05) is 5.02 Å². The van der Waals surface area contributed by atoms with Crippen molar-refractivity contribution in [3.8, 4) is 0 Å². The standard InChI is InChI=1S/C6H8ClNSi/c7-5-1-3-6(9-8)4-2-5/h1-4H,8-9H2. The van der Waals surface area contributed by atoms with Gasteiger partial charge in [0.2, 0.25) is 0 Å². The minimum absolute atomic E-state index is 0.483. The molecule has 2 N–H and O–H groups in total. The average molecular weight is 158 g/mol. The molecule has 0 atom stereocenters. The van der Waals surface area contributed by atoms with E-state index in [1.54, 1.807) is 0 Å². The second-order valence-electron chi connectivity index (χ2n) is 1.83. The molecule has 0 radical (unpaired) electrons. The summed E-state index contributed by atoms with van der Waals surface area (Å²) >= 11 is 5.64. The summed E-state index contributed by atoms with van der Waals surface area (Å²) in [5.41, 5.74) is 0. The Balaban J connectivity index is 2.88. The molecule has 48 valence electrons. The SMILES string of the molecule is N[SiH2]c1ccc(Cl)cc1. The molecule has 0 aliphatic rings. The van der Waals surface area contributed by atoms with E-state index in [0.717, 1.165) is 5.02 Å². The first-order chi connectivity index (χ1) is 4.33. The number of rotatable bonds is 1. The van der Waals surface area contributed by atoms with Crippen molar-refractivity contribution >= 4 is 26.5 Å². The number of halogens is 1. The van der Waals surface area contributed by atoms with Gasteiger partial charge in [0.15, 0.2) is 0 Å². The summed E-state index contributed by atoms with van der Waals surface area (Å²) in [6.45, 7) is 0. The zero-order valence-electron chi connectivity index (χ0n) is 4.97. The molecule has 0 bridgehead atoms. The van der Waals surface area contributed by atoms with Crippen LogP contribution in [0.4, 0.5) is 0 Å². The van der Waals surface area contributed by atoms with Crippen LogP contribution < -0.4 is 10.6 Å². The molecule has 1 aromatic rings. The average Bonchev–Trinajstić information content (AvgIpc) is 1.90. The maximum absolute atomic E-state index is 5.64. The Hall–Kier alpha value is -0.313. The van der Waals surface area contributed by atoms with Gasteiger partial charge in [-0.1, -0.05) is 28.9 Å². The van der Waals surface area contributed by atoms with Crippen molar-refractivity contribution in [1.82, 2.24) is 0 Å². The van der Waals surface area contributed by atoms with Crippen molar-refractivity contribution in [2.75, 3.05) is 0 Å². The summed E-state index contributed by atoms with van der Waals surface area (Å²) in [6, 6.07) is 7.70. The second kappa shape index (κ2) is 3.01. The Labute approximate surface area is 61.7 Å². The first-order valence-corrected chi connectivity index (χ1v) is 4.67. The molecule has 0 aliphatic carbocycles. The van der Waals surface area contributed by atoms with Gasteiger partial charge in [0.05, 0.1) is 0 Å². The van der Waals surface area contributed by atoms with Crippen LogP contribution in [0.2, 0.25) is 5.02 Å². The van der Waals surface area contributed by atoms with Gasteiger partial charge < -0.3 is 5.40 Å². The molecule has 0 saturated carbocycles. The van der Waals surface area contributed by atoms with Crippen molar-refractivity contribution in [1.29, 1.82) is 0 Å². The minimum atomic E-state index is -0.483. The van der Waals surface area contributed by atoms with E-state index in [0.29, 0.717) is 0 Å². The Kier molecular flexibility index (Phi) is 2.27. The van der Waals surface area contributed by atoms with Gasteiger partial charge in [-0.25, -0.2) is 0 Å². The van der Waals surface area contributed by atoms with Crippen molar-refractivity contribution in [3.63, 3.8) is 0 Å². The molecule has 1 nitrogen and oxygen atoms in total. The van der Waals surface area contributed by atoms with Crippen molar-refractivity contribution in [3.05, 3.63) is 29.3 Å². The van der Waals surface area contributed by atoms with E-state index in [9.17, 15) is 0 Å². The van der Waals surface area contributed by atoms with E-state index >= 15 is 0 Å². The van der Waals surface area contributed by atoms with Crippen LogP contribution >= 0.6 is 11.6 Å². The molecule has 0 aromatic heterocycles. The normalized spacial score (nSPS) is 10.9. The number of hydrogen-bond acceptors (Lipinski definition) is 1. The molecule has 3 heteroatoms. The lowest BCUT2D eigenvalue weighted by Crippen LogP contribution is -2.21. The minimum Gasteiger partial charge on any atom is -0.352 e. The summed E-state index contributed by atoms with van der Waals surface area (Å²) in [4.78, 5) is 0. The maximum Gasteiger partial charge on any atom is 0.122 e. The molecule has 0 unspecified atom stereocenters. The molecule has 9 heavy (non-hydrogen) atoms. The van der Waals surface area contributed by atoms with Crippen molar-refractivity contribution in [2.45, 2.75) is 0 Å². The van der Waals surface area contributed by atoms with Gasteiger partial charge in [-0.2, -0.15) is 0 Å². The molecule has 0 fully saturated rings. The van der Waals surface area contributed by atoms with Gasteiger partial charge >= 0.3 is 0 Å². The molecule has 1 aromatic carbocycles. The van der Waals surface area contributed by atoms with Gasteiger partial charge in [-0.05, 0) is 12.1 Å². The molecular weight excluding hydrogens is 150 g/mol. The summed E-state index contributed by atoms with van der Waals surface area (Å²) in [5.74, 6) is 0. The van der Waals surface area contributed by atoms with Crippen molar-refractivity contribution in [2.24, 2.45) is 5.40 Å². The number of hydrogen-bond donors (Lipinski definition) is 1. The number of nitrogens with two attached hydrogens (primary N) is 1. The van der Waals surface area contributed by atoms with Gasteiger partial charge in [-0.3, -0.25) is 0 Å². The monoisotopic (exact) mass is 157 g/mol. The number of benzene rings is 1. The van der Waals surface area contributed by atoms with E-state index in [1.807, 2.05) is 24.3 Å². The van der Waals surface area contributed by atoms with E-state index in [-0.39, 0.29) is 0 Å². The summed E-state index contributed by atoms with van der Waals surface area (Å²) in [7, 11) is -0.483. The first kappa shape index (κ1) is 6.80.